The van der Waals surface area contributed by atoms with Gasteiger partial charge in [0.15, 0.2) is 5.82 Å². The molecule has 0 saturated carbocycles. The first kappa shape index (κ1) is 8.25. The van der Waals surface area contributed by atoms with Crippen molar-refractivity contribution in [3.63, 3.8) is 0 Å². The molecule has 6 nitrogen and oxygen atoms in total. The van der Waals surface area contributed by atoms with Gasteiger partial charge in [-0.2, -0.15) is 4.98 Å². The zero-order valence-corrected chi connectivity index (χ0v) is 6.53. The van der Waals surface area contributed by atoms with Crippen molar-refractivity contribution < 1.29 is 0 Å². The zero-order valence-electron chi connectivity index (χ0n) is 6.53. The second-order valence-electron chi connectivity index (χ2n) is 2.18. The normalized spacial score (nSPS) is 10.8. The van der Waals surface area contributed by atoms with Gasteiger partial charge in [0.05, 0.1) is 11.9 Å². The summed E-state index contributed by atoms with van der Waals surface area (Å²) in [6.07, 6.45) is 1.06. The van der Waals surface area contributed by atoms with Gasteiger partial charge < -0.3 is 11.5 Å². The first-order valence-electron chi connectivity index (χ1n) is 3.26. The predicted molar refractivity (Wildman–Crippen MR) is 46.3 cm³/mol. The lowest BCUT2D eigenvalue weighted by molar-refractivity contribution is 1.08. The van der Waals surface area contributed by atoms with E-state index in [4.69, 9.17) is 11.5 Å². The van der Waals surface area contributed by atoms with E-state index in [1.807, 2.05) is 0 Å². The van der Waals surface area contributed by atoms with Crippen LogP contribution >= 0.6 is 0 Å². The highest BCUT2D eigenvalue weighted by Crippen LogP contribution is 2.09. The van der Waals surface area contributed by atoms with E-state index in [-0.39, 0.29) is 17.3 Å². The molecule has 0 aliphatic heterocycles. The van der Waals surface area contributed by atoms with Crippen molar-refractivity contribution >= 4 is 18.1 Å². The van der Waals surface area contributed by atoms with Crippen LogP contribution in [0.2, 0.25) is 0 Å². The predicted octanol–water partition coefficient (Wildman–Crippen LogP) is -0.721. The van der Waals surface area contributed by atoms with Gasteiger partial charge in [-0.1, -0.05) is 0 Å². The molecule has 0 radical (unpaired) electrons. The molecule has 0 bridgehead atoms. The maximum Gasteiger partial charge on any atom is 0.257 e. The molecule has 1 heterocycles. The Balaban J connectivity index is 3.37. The van der Waals surface area contributed by atoms with Crippen LogP contribution in [0, 0.1) is 6.92 Å². The summed E-state index contributed by atoms with van der Waals surface area (Å²) >= 11 is 0. The number of rotatable bonds is 1. The third-order valence-corrected chi connectivity index (χ3v) is 1.34. The number of aromatic amines is 1. The number of aliphatic imine (C=N–C) groups is 1. The van der Waals surface area contributed by atoms with Crippen LogP contribution in [-0.2, 0) is 0 Å². The number of hydrogen-bond acceptors (Lipinski definition) is 4. The largest absolute Gasteiger partial charge is 0.390 e. The van der Waals surface area contributed by atoms with E-state index in [1.54, 1.807) is 6.92 Å². The lowest BCUT2D eigenvalue weighted by atomic mass is 10.3. The van der Waals surface area contributed by atoms with Crippen molar-refractivity contribution in [3.8, 4) is 0 Å². The minimum absolute atomic E-state index is 0.0335. The molecule has 5 N–H and O–H groups in total. The molecule has 12 heavy (non-hydrogen) atoms. The van der Waals surface area contributed by atoms with Crippen molar-refractivity contribution in [3.05, 3.63) is 15.9 Å². The molecule has 0 amide bonds. The van der Waals surface area contributed by atoms with Crippen LogP contribution in [0.15, 0.2) is 9.79 Å². The van der Waals surface area contributed by atoms with Crippen molar-refractivity contribution in [1.29, 1.82) is 0 Å². The summed E-state index contributed by atoms with van der Waals surface area (Å²) in [6, 6.07) is 0. The SMILES string of the molecule is Cc1c(N=CN)nc(N)[nH]c1=O. The monoisotopic (exact) mass is 167 g/mol. The number of nitrogens with two attached hydrogens (primary N) is 2. The average molecular weight is 167 g/mol. The summed E-state index contributed by atoms with van der Waals surface area (Å²) in [5.41, 5.74) is 10.4. The molecule has 1 aromatic heterocycles. The van der Waals surface area contributed by atoms with Gasteiger partial charge in [0.2, 0.25) is 5.95 Å². The third kappa shape index (κ3) is 1.42. The van der Waals surface area contributed by atoms with Crippen LogP contribution < -0.4 is 17.0 Å². The number of aromatic nitrogens is 2. The Labute approximate surface area is 68.3 Å². The molecular formula is C6H9N5O. The summed E-state index contributed by atoms with van der Waals surface area (Å²) in [5.74, 6) is 0.282. The standard InChI is InChI=1S/C6H9N5O/c1-3-4(9-2-7)10-6(8)11-5(3)12/h2H,1H3,(H5,7,8,9,10,11,12). The number of nitrogens with zero attached hydrogens (tertiary/aromatic N) is 2. The number of hydrogen-bond donors (Lipinski definition) is 3. The molecule has 6 heteroatoms. The van der Waals surface area contributed by atoms with Crippen molar-refractivity contribution in [1.82, 2.24) is 9.97 Å². The summed E-state index contributed by atoms with van der Waals surface area (Å²) in [6.45, 7) is 1.59. The lowest BCUT2D eigenvalue weighted by Crippen LogP contribution is -2.13. The van der Waals surface area contributed by atoms with Gasteiger partial charge in [0.25, 0.3) is 5.56 Å². The summed E-state index contributed by atoms with van der Waals surface area (Å²) < 4.78 is 0. The van der Waals surface area contributed by atoms with E-state index < -0.39 is 0 Å². The Hall–Kier alpha value is -1.85. The summed E-state index contributed by atoms with van der Waals surface area (Å²) in [5, 5.41) is 0. The highest BCUT2D eigenvalue weighted by Gasteiger charge is 2.02. The first-order valence-corrected chi connectivity index (χ1v) is 3.26. The molecule has 0 unspecified atom stereocenters. The van der Waals surface area contributed by atoms with Crippen LogP contribution in [0.4, 0.5) is 11.8 Å². The van der Waals surface area contributed by atoms with Crippen LogP contribution in [0.1, 0.15) is 5.56 Å². The molecule has 0 aliphatic carbocycles. The molecule has 1 rings (SSSR count). The van der Waals surface area contributed by atoms with Gasteiger partial charge >= 0.3 is 0 Å². The van der Waals surface area contributed by atoms with Crippen molar-refractivity contribution in [2.24, 2.45) is 10.7 Å². The quantitative estimate of drug-likeness (QED) is 0.378. The smallest absolute Gasteiger partial charge is 0.257 e. The molecule has 0 atom stereocenters. The molecule has 0 fully saturated rings. The second kappa shape index (κ2) is 3.04. The number of H-pyrrole nitrogens is 1. The van der Waals surface area contributed by atoms with E-state index in [0.717, 1.165) is 6.34 Å². The maximum atomic E-state index is 11.0. The van der Waals surface area contributed by atoms with Crippen LogP contribution in [0.5, 0.6) is 0 Å². The Morgan fingerprint density at radius 2 is 2.33 bits per heavy atom. The average Bonchev–Trinajstić information content (AvgIpc) is 2.00. The van der Waals surface area contributed by atoms with E-state index in [1.165, 1.54) is 0 Å². The van der Waals surface area contributed by atoms with E-state index in [0.29, 0.717) is 5.56 Å². The zero-order chi connectivity index (χ0) is 9.14. The van der Waals surface area contributed by atoms with Gasteiger partial charge in [0, 0.05) is 0 Å². The molecule has 0 aliphatic rings. The fraction of sp³-hybridized carbons (Fsp3) is 0.167. The van der Waals surface area contributed by atoms with Gasteiger partial charge in [0.1, 0.15) is 0 Å². The van der Waals surface area contributed by atoms with Crippen molar-refractivity contribution in [2.75, 3.05) is 5.73 Å². The van der Waals surface area contributed by atoms with Gasteiger partial charge in [-0.25, -0.2) is 4.99 Å². The summed E-state index contributed by atoms with van der Waals surface area (Å²) in [4.78, 5) is 20.8. The molecule has 0 aromatic carbocycles. The van der Waals surface area contributed by atoms with Crippen LogP contribution in [0.3, 0.4) is 0 Å². The Morgan fingerprint density at radius 3 is 2.92 bits per heavy atom. The van der Waals surface area contributed by atoms with Crippen LogP contribution in [-0.4, -0.2) is 16.3 Å². The molecular weight excluding hydrogens is 158 g/mol. The molecule has 1 aromatic rings. The minimum Gasteiger partial charge on any atom is -0.390 e. The van der Waals surface area contributed by atoms with E-state index in [9.17, 15) is 4.79 Å². The first-order chi connectivity index (χ1) is 5.65. The van der Waals surface area contributed by atoms with E-state index in [2.05, 4.69) is 15.0 Å². The van der Waals surface area contributed by atoms with Gasteiger partial charge in [-0.05, 0) is 6.92 Å². The minimum atomic E-state index is -0.303. The Kier molecular flexibility index (Phi) is 2.09. The van der Waals surface area contributed by atoms with Gasteiger partial charge in [-0.3, -0.25) is 9.78 Å². The number of anilines is 1. The van der Waals surface area contributed by atoms with Gasteiger partial charge in [-0.15, -0.1) is 0 Å². The Bertz CT molecular complexity index is 367. The topological polar surface area (TPSA) is 110 Å². The fourth-order valence-corrected chi connectivity index (χ4v) is 0.734. The maximum absolute atomic E-state index is 11.0. The number of nitrogens with one attached hydrogen (secondary N) is 1. The Morgan fingerprint density at radius 1 is 1.67 bits per heavy atom. The molecule has 0 saturated heterocycles. The highest BCUT2D eigenvalue weighted by molar-refractivity contribution is 5.58. The highest BCUT2D eigenvalue weighted by atomic mass is 16.1. The fourth-order valence-electron chi connectivity index (χ4n) is 0.734. The van der Waals surface area contributed by atoms with Crippen molar-refractivity contribution in [2.45, 2.75) is 6.92 Å². The number of nitrogen functional groups attached to an aromatic ring is 1. The van der Waals surface area contributed by atoms with Crippen LogP contribution in [0.25, 0.3) is 0 Å². The lowest BCUT2D eigenvalue weighted by Gasteiger charge is -1.97. The van der Waals surface area contributed by atoms with E-state index >= 15 is 0 Å². The third-order valence-electron chi connectivity index (χ3n) is 1.34. The molecule has 0 spiro atoms. The summed E-state index contributed by atoms with van der Waals surface area (Å²) in [7, 11) is 0. The second-order valence-corrected chi connectivity index (χ2v) is 2.18. The molecule has 64 valence electrons.